The Morgan fingerprint density at radius 3 is 2.50 bits per heavy atom. The van der Waals surface area contributed by atoms with E-state index in [1.807, 2.05) is 6.92 Å². The van der Waals surface area contributed by atoms with E-state index in [2.05, 4.69) is 10.0 Å². The quantitative estimate of drug-likeness (QED) is 0.621. The van der Waals surface area contributed by atoms with Crippen molar-refractivity contribution in [1.29, 1.82) is 0 Å². The molecule has 152 valence electrons. The molecule has 2 N–H and O–H groups in total. The zero-order chi connectivity index (χ0) is 20.9. The van der Waals surface area contributed by atoms with E-state index in [1.165, 1.54) is 18.2 Å². The molecule has 0 fully saturated rings. The third-order valence-electron chi connectivity index (χ3n) is 3.75. The second kappa shape index (κ2) is 8.83. The fourth-order valence-electron chi connectivity index (χ4n) is 2.29. The van der Waals surface area contributed by atoms with Gasteiger partial charge in [-0.05, 0) is 42.8 Å². The zero-order valence-electron chi connectivity index (χ0n) is 14.8. The minimum atomic E-state index is -4.61. The number of halogens is 4. The van der Waals surface area contributed by atoms with Gasteiger partial charge in [0.15, 0.2) is 0 Å². The molecule has 0 unspecified atom stereocenters. The Morgan fingerprint density at radius 2 is 1.86 bits per heavy atom. The highest BCUT2D eigenvalue weighted by Crippen LogP contribution is 2.31. The maximum atomic E-state index is 12.8. The number of benzene rings is 2. The summed E-state index contributed by atoms with van der Waals surface area (Å²) in [5.74, 6) is -0.533. The van der Waals surface area contributed by atoms with Crippen LogP contribution >= 0.6 is 11.6 Å². The first kappa shape index (κ1) is 22.0. The van der Waals surface area contributed by atoms with Crippen LogP contribution in [0.5, 0.6) is 0 Å². The van der Waals surface area contributed by atoms with Gasteiger partial charge in [-0.25, -0.2) is 8.42 Å². The average molecular weight is 435 g/mol. The van der Waals surface area contributed by atoms with Crippen LogP contribution in [0.15, 0.2) is 47.4 Å². The van der Waals surface area contributed by atoms with Crippen LogP contribution in [0.4, 0.5) is 18.9 Å². The minimum absolute atomic E-state index is 0.0373. The van der Waals surface area contributed by atoms with Crippen LogP contribution in [0, 0.1) is 0 Å². The Bertz CT molecular complexity index is 963. The lowest BCUT2D eigenvalue weighted by Gasteiger charge is -2.12. The fraction of sp³-hybridized carbons (Fsp3) is 0.278. The van der Waals surface area contributed by atoms with E-state index < -0.39 is 27.7 Å². The second-order valence-corrected chi connectivity index (χ2v) is 8.02. The fourth-order valence-corrected chi connectivity index (χ4v) is 3.57. The number of carbonyl (C=O) groups excluding carboxylic acids is 1. The Morgan fingerprint density at radius 1 is 1.14 bits per heavy atom. The Balaban J connectivity index is 2.29. The first-order chi connectivity index (χ1) is 13.0. The van der Waals surface area contributed by atoms with Crippen LogP contribution in [0.25, 0.3) is 0 Å². The van der Waals surface area contributed by atoms with Gasteiger partial charge in [-0.2, -0.15) is 13.2 Å². The SMILES string of the molecule is CCCCNC(=O)c1cc(S(=O)(=O)Nc2cccc(C(F)(F)F)c2)ccc1Cl. The summed E-state index contributed by atoms with van der Waals surface area (Å²) >= 11 is 5.98. The first-order valence-corrected chi connectivity index (χ1v) is 10.2. The van der Waals surface area contributed by atoms with E-state index in [-0.39, 0.29) is 21.2 Å². The molecule has 0 radical (unpaired) electrons. The van der Waals surface area contributed by atoms with Crippen molar-refractivity contribution in [3.05, 3.63) is 58.6 Å². The van der Waals surface area contributed by atoms with Crippen LogP contribution in [0.1, 0.15) is 35.7 Å². The monoisotopic (exact) mass is 434 g/mol. The number of nitrogens with one attached hydrogen (secondary N) is 2. The molecule has 0 heterocycles. The molecule has 28 heavy (non-hydrogen) atoms. The Kier molecular flexibility index (Phi) is 6.95. The molecule has 0 aliphatic rings. The molecule has 0 aliphatic heterocycles. The molecule has 0 saturated carbocycles. The van der Waals surface area contributed by atoms with E-state index >= 15 is 0 Å². The molecule has 0 bridgehead atoms. The topological polar surface area (TPSA) is 75.3 Å². The maximum absolute atomic E-state index is 12.8. The molecule has 2 aromatic rings. The van der Waals surface area contributed by atoms with E-state index in [9.17, 15) is 26.4 Å². The lowest BCUT2D eigenvalue weighted by molar-refractivity contribution is -0.137. The molecular formula is C18H18ClF3N2O3S. The predicted molar refractivity (Wildman–Crippen MR) is 101 cm³/mol. The molecule has 5 nitrogen and oxygen atoms in total. The largest absolute Gasteiger partial charge is 0.416 e. The summed E-state index contributed by atoms with van der Waals surface area (Å²) in [6.45, 7) is 2.36. The molecule has 0 spiro atoms. The van der Waals surface area contributed by atoms with Gasteiger partial charge in [0.25, 0.3) is 15.9 Å². The summed E-state index contributed by atoms with van der Waals surface area (Å²) in [7, 11) is -4.23. The van der Waals surface area contributed by atoms with Crippen molar-refractivity contribution in [2.75, 3.05) is 11.3 Å². The number of alkyl halides is 3. The Labute approximate surface area is 166 Å². The standard InChI is InChI=1S/C18H18ClF3N2O3S/c1-2-3-9-23-17(25)15-11-14(7-8-16(15)19)28(26,27)24-13-6-4-5-12(10-13)18(20,21)22/h4-8,10-11,24H,2-3,9H2,1H3,(H,23,25). The minimum Gasteiger partial charge on any atom is -0.352 e. The van der Waals surface area contributed by atoms with E-state index in [4.69, 9.17) is 11.6 Å². The van der Waals surface area contributed by atoms with Crippen LogP contribution in [-0.2, 0) is 16.2 Å². The summed E-state index contributed by atoms with van der Waals surface area (Å²) in [5, 5.41) is 2.69. The summed E-state index contributed by atoms with van der Waals surface area (Å²) in [6, 6.07) is 7.30. The summed E-state index contributed by atoms with van der Waals surface area (Å²) in [6.07, 6.45) is -2.99. The van der Waals surface area contributed by atoms with Gasteiger partial charge in [0.1, 0.15) is 0 Å². The van der Waals surface area contributed by atoms with E-state index in [0.717, 1.165) is 31.0 Å². The normalized spacial score (nSPS) is 11.9. The third kappa shape index (κ3) is 5.62. The van der Waals surface area contributed by atoms with Crippen LogP contribution in [0.2, 0.25) is 5.02 Å². The van der Waals surface area contributed by atoms with Crippen molar-refractivity contribution in [2.24, 2.45) is 0 Å². The van der Waals surface area contributed by atoms with Gasteiger partial charge in [-0.1, -0.05) is 31.0 Å². The molecule has 0 saturated heterocycles. The average Bonchev–Trinajstić information content (AvgIpc) is 2.61. The second-order valence-electron chi connectivity index (χ2n) is 5.94. The number of hydrogen-bond acceptors (Lipinski definition) is 3. The van der Waals surface area contributed by atoms with Crippen molar-refractivity contribution in [2.45, 2.75) is 30.8 Å². The van der Waals surface area contributed by atoms with Gasteiger partial charge in [0.05, 0.1) is 21.0 Å². The molecule has 2 rings (SSSR count). The number of sulfonamides is 1. The number of unbranched alkanes of at least 4 members (excludes halogenated alkanes) is 1. The number of rotatable bonds is 7. The molecular weight excluding hydrogens is 417 g/mol. The zero-order valence-corrected chi connectivity index (χ0v) is 16.4. The maximum Gasteiger partial charge on any atom is 0.416 e. The van der Waals surface area contributed by atoms with Gasteiger partial charge in [0.2, 0.25) is 0 Å². The molecule has 10 heteroatoms. The van der Waals surface area contributed by atoms with Gasteiger partial charge in [-0.3, -0.25) is 9.52 Å². The van der Waals surface area contributed by atoms with Gasteiger partial charge >= 0.3 is 6.18 Å². The molecule has 1 amide bonds. The van der Waals surface area contributed by atoms with Crippen LogP contribution in [0.3, 0.4) is 0 Å². The lowest BCUT2D eigenvalue weighted by atomic mass is 10.2. The lowest BCUT2D eigenvalue weighted by Crippen LogP contribution is -2.25. The highest BCUT2D eigenvalue weighted by atomic mass is 35.5. The Hall–Kier alpha value is -2.26. The summed E-state index contributed by atoms with van der Waals surface area (Å²) < 4.78 is 65.6. The number of hydrogen-bond donors (Lipinski definition) is 2. The van der Waals surface area contributed by atoms with Crippen molar-refractivity contribution in [3.8, 4) is 0 Å². The van der Waals surface area contributed by atoms with Crippen LogP contribution < -0.4 is 10.0 Å². The molecule has 0 aromatic heterocycles. The predicted octanol–water partition coefficient (Wildman–Crippen LogP) is 4.69. The van der Waals surface area contributed by atoms with Crippen LogP contribution in [-0.4, -0.2) is 20.9 Å². The number of amides is 1. The third-order valence-corrected chi connectivity index (χ3v) is 5.46. The molecule has 0 atom stereocenters. The van der Waals surface area contributed by atoms with Crippen molar-refractivity contribution in [3.63, 3.8) is 0 Å². The molecule has 2 aromatic carbocycles. The van der Waals surface area contributed by atoms with Crippen molar-refractivity contribution in [1.82, 2.24) is 5.32 Å². The van der Waals surface area contributed by atoms with E-state index in [0.29, 0.717) is 12.6 Å². The van der Waals surface area contributed by atoms with Crippen molar-refractivity contribution >= 4 is 33.2 Å². The van der Waals surface area contributed by atoms with Gasteiger partial charge < -0.3 is 5.32 Å². The smallest absolute Gasteiger partial charge is 0.352 e. The first-order valence-electron chi connectivity index (χ1n) is 8.32. The van der Waals surface area contributed by atoms with Gasteiger partial charge in [-0.15, -0.1) is 0 Å². The summed E-state index contributed by atoms with van der Waals surface area (Å²) in [4.78, 5) is 11.9. The highest BCUT2D eigenvalue weighted by Gasteiger charge is 2.30. The number of carbonyl (C=O) groups is 1. The van der Waals surface area contributed by atoms with E-state index in [1.54, 1.807) is 0 Å². The van der Waals surface area contributed by atoms with Crippen molar-refractivity contribution < 1.29 is 26.4 Å². The highest BCUT2D eigenvalue weighted by molar-refractivity contribution is 7.92. The molecule has 0 aliphatic carbocycles. The summed E-state index contributed by atoms with van der Waals surface area (Å²) in [5.41, 5.74) is -1.27. The number of anilines is 1. The van der Waals surface area contributed by atoms with Gasteiger partial charge in [0, 0.05) is 12.2 Å².